The SMILES string of the molecule is Oc1cc(Br)c2c(c1)CCC2. The van der Waals surface area contributed by atoms with Gasteiger partial charge in [-0.25, -0.2) is 0 Å². The van der Waals surface area contributed by atoms with Gasteiger partial charge in [0.15, 0.2) is 0 Å². The number of phenols is 1. The van der Waals surface area contributed by atoms with Gasteiger partial charge in [0.2, 0.25) is 0 Å². The Labute approximate surface area is 74.2 Å². The van der Waals surface area contributed by atoms with Crippen molar-refractivity contribution in [3.05, 3.63) is 27.7 Å². The summed E-state index contributed by atoms with van der Waals surface area (Å²) >= 11 is 3.44. The van der Waals surface area contributed by atoms with Crippen LogP contribution in [-0.4, -0.2) is 5.11 Å². The first-order chi connectivity index (χ1) is 5.27. The van der Waals surface area contributed by atoms with Gasteiger partial charge < -0.3 is 5.11 Å². The van der Waals surface area contributed by atoms with Gasteiger partial charge in [0.05, 0.1) is 0 Å². The first kappa shape index (κ1) is 7.17. The molecule has 2 heteroatoms. The summed E-state index contributed by atoms with van der Waals surface area (Å²) < 4.78 is 1.06. The number of rotatable bonds is 0. The Morgan fingerprint density at radius 3 is 2.91 bits per heavy atom. The van der Waals surface area contributed by atoms with Crippen LogP contribution < -0.4 is 0 Å². The molecule has 0 saturated carbocycles. The zero-order valence-electron chi connectivity index (χ0n) is 6.10. The summed E-state index contributed by atoms with van der Waals surface area (Å²) in [7, 11) is 0. The Hall–Kier alpha value is -0.500. The van der Waals surface area contributed by atoms with Gasteiger partial charge in [0.25, 0.3) is 0 Å². The molecule has 0 aromatic heterocycles. The molecule has 0 atom stereocenters. The highest BCUT2D eigenvalue weighted by molar-refractivity contribution is 9.10. The van der Waals surface area contributed by atoms with Crippen molar-refractivity contribution >= 4 is 15.9 Å². The highest BCUT2D eigenvalue weighted by atomic mass is 79.9. The molecule has 0 unspecified atom stereocenters. The number of hydrogen-bond acceptors (Lipinski definition) is 1. The van der Waals surface area contributed by atoms with Crippen molar-refractivity contribution in [2.45, 2.75) is 19.3 Å². The van der Waals surface area contributed by atoms with Gasteiger partial charge in [-0.15, -0.1) is 0 Å². The van der Waals surface area contributed by atoms with Gasteiger partial charge in [-0.1, -0.05) is 15.9 Å². The monoisotopic (exact) mass is 212 g/mol. The Morgan fingerprint density at radius 2 is 2.09 bits per heavy atom. The van der Waals surface area contributed by atoms with Crippen molar-refractivity contribution in [2.75, 3.05) is 0 Å². The number of benzene rings is 1. The van der Waals surface area contributed by atoms with Gasteiger partial charge in [-0.3, -0.25) is 0 Å². The molecule has 58 valence electrons. The summed E-state index contributed by atoms with van der Waals surface area (Å²) in [5.74, 6) is 0.373. The van der Waals surface area contributed by atoms with E-state index in [0.29, 0.717) is 5.75 Å². The van der Waals surface area contributed by atoms with Crippen molar-refractivity contribution < 1.29 is 5.11 Å². The molecular formula is C9H9BrO. The van der Waals surface area contributed by atoms with Gasteiger partial charge in [-0.05, 0) is 42.5 Å². The third-order valence-electron chi connectivity index (χ3n) is 2.15. The maximum atomic E-state index is 9.25. The standard InChI is InChI=1S/C9H9BrO/c10-9-5-7(11)4-6-2-1-3-8(6)9/h4-5,11H,1-3H2. The highest BCUT2D eigenvalue weighted by Crippen LogP contribution is 2.32. The second kappa shape index (κ2) is 2.52. The van der Waals surface area contributed by atoms with Gasteiger partial charge in [0, 0.05) is 4.47 Å². The van der Waals surface area contributed by atoms with Crippen molar-refractivity contribution in [2.24, 2.45) is 0 Å². The average Bonchev–Trinajstić information content (AvgIpc) is 2.34. The number of halogens is 1. The molecule has 1 nitrogen and oxygen atoms in total. The third-order valence-corrected chi connectivity index (χ3v) is 2.85. The van der Waals surface area contributed by atoms with Crippen molar-refractivity contribution in [3.8, 4) is 5.75 Å². The van der Waals surface area contributed by atoms with Crippen molar-refractivity contribution in [1.82, 2.24) is 0 Å². The maximum absolute atomic E-state index is 9.25. The topological polar surface area (TPSA) is 20.2 Å². The van der Waals surface area contributed by atoms with Crippen molar-refractivity contribution in [3.63, 3.8) is 0 Å². The minimum Gasteiger partial charge on any atom is -0.508 e. The zero-order chi connectivity index (χ0) is 7.84. The van der Waals surface area contributed by atoms with E-state index in [0.717, 1.165) is 17.3 Å². The van der Waals surface area contributed by atoms with Crippen LogP contribution in [0.15, 0.2) is 16.6 Å². The largest absolute Gasteiger partial charge is 0.508 e. The van der Waals surface area contributed by atoms with E-state index in [1.54, 1.807) is 6.07 Å². The lowest BCUT2D eigenvalue weighted by Crippen LogP contribution is -1.82. The van der Waals surface area contributed by atoms with Crippen LogP contribution in [0, 0.1) is 0 Å². The van der Waals surface area contributed by atoms with Crippen LogP contribution in [0.4, 0.5) is 0 Å². The van der Waals surface area contributed by atoms with E-state index in [9.17, 15) is 5.11 Å². The fourth-order valence-corrected chi connectivity index (χ4v) is 2.32. The molecule has 0 saturated heterocycles. The molecule has 0 aliphatic heterocycles. The average molecular weight is 213 g/mol. The van der Waals surface area contributed by atoms with Gasteiger partial charge in [0.1, 0.15) is 5.75 Å². The minimum atomic E-state index is 0.373. The molecule has 0 radical (unpaired) electrons. The molecule has 0 fully saturated rings. The van der Waals surface area contributed by atoms with E-state index in [-0.39, 0.29) is 0 Å². The summed E-state index contributed by atoms with van der Waals surface area (Å²) in [5.41, 5.74) is 2.68. The van der Waals surface area contributed by atoms with E-state index in [4.69, 9.17) is 0 Å². The van der Waals surface area contributed by atoms with E-state index in [2.05, 4.69) is 15.9 Å². The molecule has 1 aliphatic rings. The first-order valence-electron chi connectivity index (χ1n) is 3.77. The third kappa shape index (κ3) is 1.16. The fourth-order valence-electron chi connectivity index (χ4n) is 1.64. The Morgan fingerprint density at radius 1 is 1.27 bits per heavy atom. The van der Waals surface area contributed by atoms with E-state index in [1.165, 1.54) is 17.5 Å². The molecule has 1 aliphatic carbocycles. The maximum Gasteiger partial charge on any atom is 0.116 e. The Kier molecular flexibility index (Phi) is 1.64. The first-order valence-corrected chi connectivity index (χ1v) is 4.57. The zero-order valence-corrected chi connectivity index (χ0v) is 7.69. The second-order valence-electron chi connectivity index (χ2n) is 2.92. The number of fused-ring (bicyclic) bond motifs is 1. The normalized spacial score (nSPS) is 15.0. The van der Waals surface area contributed by atoms with Gasteiger partial charge in [-0.2, -0.15) is 0 Å². The summed E-state index contributed by atoms with van der Waals surface area (Å²) in [5, 5.41) is 9.25. The lowest BCUT2D eigenvalue weighted by molar-refractivity contribution is 0.474. The molecule has 0 amide bonds. The predicted molar refractivity (Wildman–Crippen MR) is 47.8 cm³/mol. The molecule has 0 bridgehead atoms. The molecule has 11 heavy (non-hydrogen) atoms. The lowest BCUT2D eigenvalue weighted by Gasteiger charge is -2.02. The van der Waals surface area contributed by atoms with Crippen LogP contribution in [0.1, 0.15) is 17.5 Å². The van der Waals surface area contributed by atoms with Crippen LogP contribution in [0.3, 0.4) is 0 Å². The van der Waals surface area contributed by atoms with Crippen molar-refractivity contribution in [1.29, 1.82) is 0 Å². The highest BCUT2D eigenvalue weighted by Gasteiger charge is 2.14. The quantitative estimate of drug-likeness (QED) is 0.702. The number of aryl methyl sites for hydroxylation is 1. The molecule has 0 spiro atoms. The van der Waals surface area contributed by atoms with E-state index in [1.807, 2.05) is 6.07 Å². The summed E-state index contributed by atoms with van der Waals surface area (Å²) in [4.78, 5) is 0. The molecule has 1 N–H and O–H groups in total. The van der Waals surface area contributed by atoms with E-state index >= 15 is 0 Å². The van der Waals surface area contributed by atoms with Crippen LogP contribution in [0.5, 0.6) is 5.75 Å². The summed E-state index contributed by atoms with van der Waals surface area (Å²) in [6.07, 6.45) is 3.48. The number of aromatic hydroxyl groups is 1. The fraction of sp³-hybridized carbons (Fsp3) is 0.333. The summed E-state index contributed by atoms with van der Waals surface area (Å²) in [6.45, 7) is 0. The second-order valence-corrected chi connectivity index (χ2v) is 3.77. The number of hydrogen-bond donors (Lipinski definition) is 1. The minimum absolute atomic E-state index is 0.373. The molecular weight excluding hydrogens is 204 g/mol. The Balaban J connectivity index is 2.60. The van der Waals surface area contributed by atoms with E-state index < -0.39 is 0 Å². The van der Waals surface area contributed by atoms with Crippen LogP contribution in [0.25, 0.3) is 0 Å². The number of phenolic OH excluding ortho intramolecular Hbond substituents is 1. The predicted octanol–water partition coefficient (Wildman–Crippen LogP) is 2.64. The Bertz CT molecular complexity index is 294. The lowest BCUT2D eigenvalue weighted by atomic mass is 10.1. The van der Waals surface area contributed by atoms with Crippen LogP contribution >= 0.6 is 15.9 Å². The molecule has 0 heterocycles. The molecule has 2 rings (SSSR count). The smallest absolute Gasteiger partial charge is 0.116 e. The van der Waals surface area contributed by atoms with Crippen LogP contribution in [0.2, 0.25) is 0 Å². The van der Waals surface area contributed by atoms with Crippen LogP contribution in [-0.2, 0) is 12.8 Å². The molecule has 1 aromatic carbocycles. The molecule has 1 aromatic rings. The van der Waals surface area contributed by atoms with Gasteiger partial charge >= 0.3 is 0 Å². The summed E-state index contributed by atoms with van der Waals surface area (Å²) in [6, 6.07) is 3.64.